The van der Waals surface area contributed by atoms with Crippen molar-refractivity contribution in [1.82, 2.24) is 19.7 Å². The van der Waals surface area contributed by atoms with E-state index in [-0.39, 0.29) is 48.9 Å². The molecule has 9 heteroatoms. The minimum atomic E-state index is -2.91. The number of amides is 3. The Morgan fingerprint density at radius 1 is 1.17 bits per heavy atom. The molecule has 7 nitrogen and oxygen atoms in total. The number of fused-ring (bicyclic) bond motifs is 4. The molecule has 0 saturated carbocycles. The monoisotopic (exact) mass is 422 g/mol. The smallest absolute Gasteiger partial charge is 0.317 e. The lowest BCUT2D eigenvalue weighted by atomic mass is 9.83. The van der Waals surface area contributed by atoms with E-state index in [2.05, 4.69) is 5.32 Å². The molecule has 1 N–H and O–H groups in total. The number of carbonyl (C=O) groups is 2. The summed E-state index contributed by atoms with van der Waals surface area (Å²) in [5, 5.41) is 2.91. The van der Waals surface area contributed by atoms with E-state index in [9.17, 15) is 23.2 Å². The van der Waals surface area contributed by atoms with Crippen LogP contribution in [0.3, 0.4) is 0 Å². The third-order valence-corrected chi connectivity index (χ3v) is 6.21. The van der Waals surface area contributed by atoms with Crippen LogP contribution in [0.25, 0.3) is 0 Å². The van der Waals surface area contributed by atoms with E-state index in [1.807, 2.05) is 13.8 Å². The standard InChI is InChI=1S/C21H28F2N4O3/c1-13(2)24-20(30)26-9-14-8-15(11-26)17-5-4-16(19(29)27(17)10-14)18(28)25-7-3-6-21(22,23)12-25/h4-5,13-15H,3,6-12H2,1-2H3,(H,24,30)/t14-,15+/m0/s1. The van der Waals surface area contributed by atoms with Gasteiger partial charge in [-0.25, -0.2) is 13.6 Å². The average Bonchev–Trinajstić information content (AvgIpc) is 2.67. The first-order chi connectivity index (χ1) is 14.1. The highest BCUT2D eigenvalue weighted by atomic mass is 19.3. The molecule has 0 aliphatic carbocycles. The zero-order chi connectivity index (χ0) is 21.6. The number of hydrogen-bond donors (Lipinski definition) is 1. The van der Waals surface area contributed by atoms with Crippen LogP contribution in [-0.2, 0) is 6.54 Å². The highest BCUT2D eigenvalue weighted by Crippen LogP contribution is 2.35. The quantitative estimate of drug-likeness (QED) is 0.795. The van der Waals surface area contributed by atoms with Gasteiger partial charge in [0.1, 0.15) is 5.56 Å². The van der Waals surface area contributed by atoms with E-state index >= 15 is 0 Å². The Balaban J connectivity index is 1.57. The molecule has 0 aromatic carbocycles. The van der Waals surface area contributed by atoms with Crippen molar-refractivity contribution in [1.29, 1.82) is 0 Å². The predicted octanol–water partition coefficient (Wildman–Crippen LogP) is 2.26. The normalized spacial score (nSPS) is 25.1. The van der Waals surface area contributed by atoms with Crippen molar-refractivity contribution < 1.29 is 18.4 Å². The number of carbonyl (C=O) groups excluding carboxylic acids is 2. The number of alkyl halides is 2. The fourth-order valence-electron chi connectivity index (χ4n) is 4.92. The Labute approximate surface area is 174 Å². The maximum atomic E-state index is 13.7. The summed E-state index contributed by atoms with van der Waals surface area (Å²) in [6.07, 6.45) is 0.879. The highest BCUT2D eigenvalue weighted by molar-refractivity contribution is 5.94. The molecule has 3 aliphatic heterocycles. The first kappa shape index (κ1) is 20.8. The molecule has 2 fully saturated rings. The van der Waals surface area contributed by atoms with Crippen LogP contribution >= 0.6 is 0 Å². The Hall–Kier alpha value is -2.45. The Kier molecular flexibility index (Phi) is 5.32. The molecule has 2 saturated heterocycles. The van der Waals surface area contributed by atoms with Gasteiger partial charge in [0.2, 0.25) is 0 Å². The molecular weight excluding hydrogens is 394 g/mol. The zero-order valence-corrected chi connectivity index (χ0v) is 17.4. The molecule has 0 radical (unpaired) electrons. The van der Waals surface area contributed by atoms with Crippen molar-refractivity contribution in [2.75, 3.05) is 26.2 Å². The third kappa shape index (κ3) is 3.94. The van der Waals surface area contributed by atoms with Gasteiger partial charge in [-0.2, -0.15) is 0 Å². The summed E-state index contributed by atoms with van der Waals surface area (Å²) in [6.45, 7) is 4.91. The summed E-state index contributed by atoms with van der Waals surface area (Å²) in [5.41, 5.74) is 0.339. The number of halogens is 2. The van der Waals surface area contributed by atoms with Crippen molar-refractivity contribution >= 4 is 11.9 Å². The first-order valence-corrected chi connectivity index (χ1v) is 10.6. The van der Waals surface area contributed by atoms with Gasteiger partial charge >= 0.3 is 6.03 Å². The van der Waals surface area contributed by atoms with Gasteiger partial charge in [-0.3, -0.25) is 9.59 Å². The van der Waals surface area contributed by atoms with Gasteiger partial charge in [-0.15, -0.1) is 0 Å². The lowest BCUT2D eigenvalue weighted by Crippen LogP contribution is -2.53. The summed E-state index contributed by atoms with van der Waals surface area (Å²) in [5.74, 6) is -3.39. The van der Waals surface area contributed by atoms with Gasteiger partial charge in [-0.1, -0.05) is 0 Å². The second kappa shape index (κ2) is 7.67. The van der Waals surface area contributed by atoms with E-state index in [1.165, 1.54) is 6.07 Å². The van der Waals surface area contributed by atoms with Gasteiger partial charge in [-0.05, 0) is 44.7 Å². The van der Waals surface area contributed by atoms with E-state index in [0.29, 0.717) is 19.6 Å². The molecule has 2 atom stereocenters. The van der Waals surface area contributed by atoms with Crippen molar-refractivity contribution in [3.8, 4) is 0 Å². The van der Waals surface area contributed by atoms with E-state index in [4.69, 9.17) is 0 Å². The van der Waals surface area contributed by atoms with Crippen LogP contribution in [0.4, 0.5) is 13.6 Å². The average molecular weight is 422 g/mol. The summed E-state index contributed by atoms with van der Waals surface area (Å²) in [7, 11) is 0. The second-order valence-corrected chi connectivity index (χ2v) is 9.08. The largest absolute Gasteiger partial charge is 0.336 e. The Morgan fingerprint density at radius 3 is 2.63 bits per heavy atom. The van der Waals surface area contributed by atoms with Crippen LogP contribution in [0.2, 0.25) is 0 Å². The number of likely N-dealkylation sites (tertiary alicyclic amines) is 2. The van der Waals surface area contributed by atoms with Gasteiger partial charge < -0.3 is 19.7 Å². The number of rotatable bonds is 2. The molecule has 3 aliphatic rings. The Morgan fingerprint density at radius 2 is 1.93 bits per heavy atom. The Bertz CT molecular complexity index is 914. The molecule has 3 amide bonds. The van der Waals surface area contributed by atoms with E-state index in [1.54, 1.807) is 15.5 Å². The lowest BCUT2D eigenvalue weighted by Gasteiger charge is -2.43. The zero-order valence-electron chi connectivity index (χ0n) is 17.4. The molecule has 1 aromatic heterocycles. The number of piperidine rings is 2. The number of hydrogen-bond acceptors (Lipinski definition) is 3. The number of pyridine rings is 1. The molecule has 0 spiro atoms. The number of nitrogens with zero attached hydrogens (tertiary/aromatic N) is 3. The fourth-order valence-corrected chi connectivity index (χ4v) is 4.92. The van der Waals surface area contributed by atoms with Gasteiger partial charge in [0, 0.05) is 50.3 Å². The number of urea groups is 1. The highest BCUT2D eigenvalue weighted by Gasteiger charge is 2.40. The third-order valence-electron chi connectivity index (χ3n) is 6.21. The summed E-state index contributed by atoms with van der Waals surface area (Å²) >= 11 is 0. The van der Waals surface area contributed by atoms with Crippen LogP contribution in [0.1, 0.15) is 55.1 Å². The minimum Gasteiger partial charge on any atom is -0.336 e. The molecule has 164 valence electrons. The molecule has 1 aromatic rings. The topological polar surface area (TPSA) is 74.7 Å². The van der Waals surface area contributed by atoms with Crippen molar-refractivity contribution in [3.63, 3.8) is 0 Å². The van der Waals surface area contributed by atoms with Crippen molar-refractivity contribution in [2.24, 2.45) is 5.92 Å². The fraction of sp³-hybridized carbons (Fsp3) is 0.667. The summed E-state index contributed by atoms with van der Waals surface area (Å²) < 4.78 is 29.1. The minimum absolute atomic E-state index is 0.0200. The van der Waals surface area contributed by atoms with Gasteiger partial charge in [0.05, 0.1) is 6.54 Å². The SMILES string of the molecule is CC(C)NC(=O)N1C[C@@H]2C[C@H](C1)c1ccc(C(=O)N3CCCC(F)(F)C3)c(=O)n1C2. The molecular formula is C21H28F2N4O3. The van der Waals surface area contributed by atoms with Crippen LogP contribution < -0.4 is 10.9 Å². The number of aromatic nitrogens is 1. The maximum Gasteiger partial charge on any atom is 0.317 e. The van der Waals surface area contributed by atoms with Crippen molar-refractivity contribution in [3.05, 3.63) is 33.7 Å². The van der Waals surface area contributed by atoms with Crippen molar-refractivity contribution in [2.45, 2.75) is 57.5 Å². The number of nitrogens with one attached hydrogen (secondary N) is 1. The predicted molar refractivity (Wildman–Crippen MR) is 107 cm³/mol. The molecule has 2 bridgehead atoms. The maximum absolute atomic E-state index is 13.7. The van der Waals surface area contributed by atoms with Crippen LogP contribution in [-0.4, -0.2) is 64.4 Å². The van der Waals surface area contributed by atoms with Gasteiger partial charge in [0.25, 0.3) is 17.4 Å². The summed E-state index contributed by atoms with van der Waals surface area (Å²) in [4.78, 5) is 41.2. The second-order valence-electron chi connectivity index (χ2n) is 9.08. The van der Waals surface area contributed by atoms with Crippen LogP contribution in [0.5, 0.6) is 0 Å². The molecule has 30 heavy (non-hydrogen) atoms. The molecule has 4 heterocycles. The summed E-state index contributed by atoms with van der Waals surface area (Å²) in [6, 6.07) is 3.16. The molecule has 4 rings (SSSR count). The van der Waals surface area contributed by atoms with E-state index < -0.39 is 23.9 Å². The van der Waals surface area contributed by atoms with Gasteiger partial charge in [0.15, 0.2) is 0 Å². The van der Waals surface area contributed by atoms with Crippen LogP contribution in [0, 0.1) is 5.92 Å². The first-order valence-electron chi connectivity index (χ1n) is 10.6. The molecule has 0 unspecified atom stereocenters. The van der Waals surface area contributed by atoms with Crippen LogP contribution in [0.15, 0.2) is 16.9 Å². The lowest BCUT2D eigenvalue weighted by molar-refractivity contribution is -0.0561. The van der Waals surface area contributed by atoms with E-state index in [0.717, 1.165) is 17.0 Å².